The monoisotopic (exact) mass is 199 g/mol. The van der Waals surface area contributed by atoms with Crippen molar-refractivity contribution in [1.29, 1.82) is 0 Å². The van der Waals surface area contributed by atoms with Crippen LogP contribution in [0, 0.1) is 0 Å². The molecule has 0 aliphatic carbocycles. The van der Waals surface area contributed by atoms with Crippen LogP contribution in [0.25, 0.3) is 0 Å². The van der Waals surface area contributed by atoms with Crippen molar-refractivity contribution >= 4 is 25.6 Å². The SMILES string of the molecule is CCC(NC(C)=O)S(=O)(=O)Cl. The minimum Gasteiger partial charge on any atom is -0.339 e. The summed E-state index contributed by atoms with van der Waals surface area (Å²) in [5.41, 5.74) is 0. The van der Waals surface area contributed by atoms with Crippen LogP contribution in [0.4, 0.5) is 0 Å². The lowest BCUT2D eigenvalue weighted by Gasteiger charge is -2.10. The van der Waals surface area contributed by atoms with Gasteiger partial charge in [0.1, 0.15) is 5.37 Å². The summed E-state index contributed by atoms with van der Waals surface area (Å²) in [6.07, 6.45) is 0.269. The summed E-state index contributed by atoms with van der Waals surface area (Å²) in [6, 6.07) is 0. The van der Waals surface area contributed by atoms with Gasteiger partial charge in [0.05, 0.1) is 0 Å². The van der Waals surface area contributed by atoms with E-state index in [0.29, 0.717) is 0 Å². The lowest BCUT2D eigenvalue weighted by molar-refractivity contribution is -0.119. The zero-order valence-corrected chi connectivity index (χ0v) is 7.87. The molecule has 0 heterocycles. The van der Waals surface area contributed by atoms with Gasteiger partial charge in [-0.3, -0.25) is 4.79 Å². The van der Waals surface area contributed by atoms with Gasteiger partial charge in [0, 0.05) is 17.6 Å². The van der Waals surface area contributed by atoms with E-state index in [-0.39, 0.29) is 6.42 Å². The fourth-order valence-corrected chi connectivity index (χ4v) is 1.81. The van der Waals surface area contributed by atoms with Gasteiger partial charge in [0.25, 0.3) is 9.05 Å². The van der Waals surface area contributed by atoms with Gasteiger partial charge in [-0.2, -0.15) is 0 Å². The summed E-state index contributed by atoms with van der Waals surface area (Å²) in [5.74, 6) is -0.402. The van der Waals surface area contributed by atoms with Crippen LogP contribution in [0.5, 0.6) is 0 Å². The van der Waals surface area contributed by atoms with E-state index < -0.39 is 20.3 Å². The first-order valence-corrected chi connectivity index (χ1v) is 5.45. The van der Waals surface area contributed by atoms with E-state index in [2.05, 4.69) is 5.32 Å². The van der Waals surface area contributed by atoms with E-state index in [9.17, 15) is 13.2 Å². The van der Waals surface area contributed by atoms with E-state index in [1.54, 1.807) is 6.92 Å². The van der Waals surface area contributed by atoms with Gasteiger partial charge in [0.2, 0.25) is 5.91 Å². The topological polar surface area (TPSA) is 63.2 Å². The third-order valence-electron chi connectivity index (χ3n) is 1.07. The highest BCUT2D eigenvalue weighted by Crippen LogP contribution is 2.07. The molecule has 1 unspecified atom stereocenters. The van der Waals surface area contributed by atoms with Gasteiger partial charge in [-0.25, -0.2) is 8.42 Å². The normalized spacial score (nSPS) is 14.1. The van der Waals surface area contributed by atoms with Crippen LogP contribution < -0.4 is 5.32 Å². The number of carbonyl (C=O) groups excluding carboxylic acids is 1. The highest BCUT2D eigenvalue weighted by Gasteiger charge is 2.21. The molecule has 0 aliphatic heterocycles. The molecule has 0 aromatic carbocycles. The molecule has 0 saturated carbocycles. The molecule has 0 fully saturated rings. The summed E-state index contributed by atoms with van der Waals surface area (Å²) in [6.45, 7) is 2.87. The maximum absolute atomic E-state index is 10.6. The van der Waals surface area contributed by atoms with Crippen molar-refractivity contribution in [2.45, 2.75) is 25.6 Å². The van der Waals surface area contributed by atoms with E-state index in [4.69, 9.17) is 10.7 Å². The second kappa shape index (κ2) is 3.92. The fraction of sp³-hybridized carbons (Fsp3) is 0.800. The number of amides is 1. The van der Waals surface area contributed by atoms with Crippen LogP contribution in [-0.4, -0.2) is 19.7 Å². The first kappa shape index (κ1) is 10.7. The minimum atomic E-state index is -3.67. The number of carbonyl (C=O) groups is 1. The highest BCUT2D eigenvalue weighted by molar-refractivity contribution is 8.14. The van der Waals surface area contributed by atoms with Crippen LogP contribution in [-0.2, 0) is 13.8 Å². The summed E-state index contributed by atoms with van der Waals surface area (Å²) < 4.78 is 21.3. The van der Waals surface area contributed by atoms with Crippen LogP contribution in [0.3, 0.4) is 0 Å². The third kappa shape index (κ3) is 4.21. The second-order valence-corrected chi connectivity index (χ2v) is 4.88. The molecule has 1 atom stereocenters. The lowest BCUT2D eigenvalue weighted by Crippen LogP contribution is -2.36. The Labute approximate surface area is 70.3 Å². The Hall–Kier alpha value is -0.290. The van der Waals surface area contributed by atoms with Crippen LogP contribution in [0.2, 0.25) is 0 Å². The molecule has 1 N–H and O–H groups in total. The number of rotatable bonds is 3. The smallest absolute Gasteiger partial charge is 0.253 e. The Morgan fingerprint density at radius 2 is 2.09 bits per heavy atom. The average Bonchev–Trinajstić information content (AvgIpc) is 1.79. The molecular weight excluding hydrogens is 190 g/mol. The van der Waals surface area contributed by atoms with Gasteiger partial charge in [0.15, 0.2) is 0 Å². The van der Waals surface area contributed by atoms with Crippen molar-refractivity contribution in [1.82, 2.24) is 5.32 Å². The Morgan fingerprint density at radius 3 is 2.18 bits per heavy atom. The van der Waals surface area contributed by atoms with Gasteiger partial charge < -0.3 is 5.32 Å². The summed E-state index contributed by atoms with van der Waals surface area (Å²) in [7, 11) is 1.33. The number of hydrogen-bond donors (Lipinski definition) is 1. The summed E-state index contributed by atoms with van der Waals surface area (Å²) in [5, 5.41) is 1.24. The van der Waals surface area contributed by atoms with Crippen molar-refractivity contribution < 1.29 is 13.2 Å². The molecule has 6 heteroatoms. The molecule has 0 spiro atoms. The number of hydrogen-bond acceptors (Lipinski definition) is 3. The van der Waals surface area contributed by atoms with Crippen molar-refractivity contribution in [3.63, 3.8) is 0 Å². The average molecular weight is 200 g/mol. The first-order valence-electron chi connectivity index (χ1n) is 3.08. The standard InChI is InChI=1S/C5H10ClNO3S/c1-3-5(7-4(2)8)11(6,9)10/h5H,3H2,1-2H3,(H,7,8). The van der Waals surface area contributed by atoms with Crippen LogP contribution in [0.15, 0.2) is 0 Å². The van der Waals surface area contributed by atoms with Crippen LogP contribution in [0.1, 0.15) is 20.3 Å². The molecule has 0 saturated heterocycles. The maximum atomic E-state index is 10.6. The lowest BCUT2D eigenvalue weighted by atomic mass is 10.5. The zero-order valence-electron chi connectivity index (χ0n) is 6.30. The fourth-order valence-electron chi connectivity index (χ4n) is 0.598. The highest BCUT2D eigenvalue weighted by atomic mass is 35.7. The van der Waals surface area contributed by atoms with Gasteiger partial charge in [-0.1, -0.05) is 6.92 Å². The molecule has 0 aromatic rings. The Kier molecular flexibility index (Phi) is 3.82. The Morgan fingerprint density at radius 1 is 1.64 bits per heavy atom. The van der Waals surface area contributed by atoms with Crippen LogP contribution >= 0.6 is 10.7 Å². The summed E-state index contributed by atoms with van der Waals surface area (Å²) in [4.78, 5) is 10.4. The molecular formula is C5H10ClNO3S. The van der Waals surface area contributed by atoms with E-state index in [1.165, 1.54) is 6.92 Å². The molecule has 0 bridgehead atoms. The number of nitrogens with one attached hydrogen (secondary N) is 1. The van der Waals surface area contributed by atoms with E-state index in [1.807, 2.05) is 0 Å². The zero-order chi connectivity index (χ0) is 9.07. The maximum Gasteiger partial charge on any atom is 0.253 e. The first-order chi connectivity index (χ1) is 4.88. The summed E-state index contributed by atoms with van der Waals surface area (Å²) >= 11 is 0. The predicted octanol–water partition coefficient (Wildman–Crippen LogP) is 0.427. The minimum absolute atomic E-state index is 0.269. The van der Waals surface area contributed by atoms with E-state index >= 15 is 0 Å². The molecule has 0 rings (SSSR count). The molecule has 11 heavy (non-hydrogen) atoms. The van der Waals surface area contributed by atoms with Crippen molar-refractivity contribution in [2.24, 2.45) is 0 Å². The predicted molar refractivity (Wildman–Crippen MR) is 42.7 cm³/mol. The molecule has 1 amide bonds. The Balaban J connectivity index is 4.31. The quantitative estimate of drug-likeness (QED) is 0.671. The van der Waals surface area contributed by atoms with Gasteiger partial charge in [-0.15, -0.1) is 0 Å². The number of halogens is 1. The molecule has 0 radical (unpaired) electrons. The van der Waals surface area contributed by atoms with E-state index in [0.717, 1.165) is 0 Å². The van der Waals surface area contributed by atoms with Crippen molar-refractivity contribution in [3.8, 4) is 0 Å². The van der Waals surface area contributed by atoms with Crippen molar-refractivity contribution in [3.05, 3.63) is 0 Å². The van der Waals surface area contributed by atoms with Crippen molar-refractivity contribution in [2.75, 3.05) is 0 Å². The molecule has 0 aromatic heterocycles. The molecule has 0 aliphatic rings. The Bertz CT molecular complexity index is 236. The van der Waals surface area contributed by atoms with Gasteiger partial charge in [-0.05, 0) is 6.42 Å². The molecule has 4 nitrogen and oxygen atoms in total. The second-order valence-electron chi connectivity index (χ2n) is 2.07. The third-order valence-corrected chi connectivity index (χ3v) is 2.85. The molecule has 66 valence electrons. The largest absolute Gasteiger partial charge is 0.339 e. The van der Waals surface area contributed by atoms with Gasteiger partial charge >= 0.3 is 0 Å².